The molecule has 7 rings (SSSR count). The Bertz CT molecular complexity index is 1240. The molecule has 0 unspecified atom stereocenters. The number of hydrogen-bond donors (Lipinski definition) is 1. The Morgan fingerprint density at radius 2 is 1.51 bits per heavy atom. The molecule has 194 valence electrons. The Morgan fingerprint density at radius 3 is 2.16 bits per heavy atom. The minimum atomic E-state index is -0.887. The fourth-order valence-electron chi connectivity index (χ4n) is 8.08. The molecule has 0 saturated heterocycles. The standard InChI is InChI=1S/C33H38O4/c1-36-11-12-37-10-2-3-29-16-28-9-8-27(25-4-6-26(7-5-25)32(34)35)17-30(28)18-31(29)33-19-22-13-23(20-33)15-24(14-22)21-33/h4-9,16-18,22-24H,2-3,10-15,19-21H2,1H3,(H,34,35). The lowest BCUT2D eigenvalue weighted by Crippen LogP contribution is -2.48. The Balaban J connectivity index is 1.35. The SMILES string of the molecule is COCCOCCCc1cc2ccc(-c3ccc(C(=O)O)cc3)cc2cc1C12CC3CC(CC(C3)C1)C2. The molecule has 3 aromatic carbocycles. The van der Waals surface area contributed by atoms with E-state index in [-0.39, 0.29) is 0 Å². The molecule has 0 spiro atoms. The van der Waals surface area contributed by atoms with Crippen LogP contribution in [0.4, 0.5) is 0 Å². The van der Waals surface area contributed by atoms with E-state index in [4.69, 9.17) is 9.47 Å². The van der Waals surface area contributed by atoms with E-state index in [1.807, 2.05) is 12.1 Å². The zero-order valence-electron chi connectivity index (χ0n) is 21.9. The molecule has 4 bridgehead atoms. The van der Waals surface area contributed by atoms with Crippen LogP contribution >= 0.6 is 0 Å². The highest BCUT2D eigenvalue weighted by atomic mass is 16.5. The van der Waals surface area contributed by atoms with Gasteiger partial charge in [-0.1, -0.05) is 36.4 Å². The molecule has 4 nitrogen and oxygen atoms in total. The van der Waals surface area contributed by atoms with Gasteiger partial charge in [0.25, 0.3) is 0 Å². The van der Waals surface area contributed by atoms with Gasteiger partial charge in [-0.3, -0.25) is 0 Å². The van der Waals surface area contributed by atoms with Crippen molar-refractivity contribution in [3.05, 3.63) is 71.3 Å². The summed E-state index contributed by atoms with van der Waals surface area (Å²) in [5.74, 6) is 1.84. The van der Waals surface area contributed by atoms with Crippen molar-refractivity contribution in [2.45, 2.75) is 56.8 Å². The van der Waals surface area contributed by atoms with Crippen molar-refractivity contribution in [3.63, 3.8) is 0 Å². The molecule has 4 saturated carbocycles. The van der Waals surface area contributed by atoms with Crippen molar-refractivity contribution < 1.29 is 19.4 Å². The third-order valence-corrected chi connectivity index (χ3v) is 9.30. The van der Waals surface area contributed by atoms with Gasteiger partial charge in [0.15, 0.2) is 0 Å². The molecule has 0 atom stereocenters. The first-order chi connectivity index (χ1) is 18.0. The number of carboxylic acids is 1. The van der Waals surface area contributed by atoms with Crippen molar-refractivity contribution in [2.24, 2.45) is 17.8 Å². The van der Waals surface area contributed by atoms with E-state index in [1.165, 1.54) is 54.9 Å². The van der Waals surface area contributed by atoms with Gasteiger partial charge in [-0.25, -0.2) is 4.79 Å². The largest absolute Gasteiger partial charge is 0.478 e. The van der Waals surface area contributed by atoms with Crippen LogP contribution in [0.1, 0.15) is 66.4 Å². The number of carbonyl (C=O) groups is 1. The summed E-state index contributed by atoms with van der Waals surface area (Å²) < 4.78 is 10.9. The van der Waals surface area contributed by atoms with E-state index in [1.54, 1.807) is 24.8 Å². The molecule has 1 N–H and O–H groups in total. The van der Waals surface area contributed by atoms with Crippen LogP contribution in [0.25, 0.3) is 21.9 Å². The first kappa shape index (κ1) is 24.6. The maximum atomic E-state index is 11.3. The summed E-state index contributed by atoms with van der Waals surface area (Å²) >= 11 is 0. The second-order valence-electron chi connectivity index (χ2n) is 11.9. The van der Waals surface area contributed by atoms with Crippen LogP contribution in [0.15, 0.2) is 54.6 Å². The van der Waals surface area contributed by atoms with E-state index < -0.39 is 5.97 Å². The van der Waals surface area contributed by atoms with Gasteiger partial charge in [-0.15, -0.1) is 0 Å². The lowest BCUT2D eigenvalue weighted by atomic mass is 9.47. The molecular formula is C33H38O4. The van der Waals surface area contributed by atoms with Crippen molar-refractivity contribution in [1.29, 1.82) is 0 Å². The zero-order chi connectivity index (χ0) is 25.4. The molecule has 0 aliphatic heterocycles. The summed E-state index contributed by atoms with van der Waals surface area (Å²) in [6.45, 7) is 2.08. The third-order valence-electron chi connectivity index (χ3n) is 9.30. The topological polar surface area (TPSA) is 55.8 Å². The Hall–Kier alpha value is -2.69. The van der Waals surface area contributed by atoms with Gasteiger partial charge in [0, 0.05) is 13.7 Å². The van der Waals surface area contributed by atoms with Gasteiger partial charge in [0.2, 0.25) is 0 Å². The second kappa shape index (κ2) is 10.2. The Kier molecular flexibility index (Phi) is 6.81. The van der Waals surface area contributed by atoms with Crippen molar-refractivity contribution in [3.8, 4) is 11.1 Å². The smallest absolute Gasteiger partial charge is 0.335 e. The molecular weight excluding hydrogens is 460 g/mol. The summed E-state index contributed by atoms with van der Waals surface area (Å²) in [5.41, 5.74) is 5.98. The third kappa shape index (κ3) is 4.94. The predicted molar refractivity (Wildman–Crippen MR) is 147 cm³/mol. The van der Waals surface area contributed by atoms with Crippen LogP contribution in [-0.2, 0) is 21.3 Å². The first-order valence-corrected chi connectivity index (χ1v) is 14.0. The van der Waals surface area contributed by atoms with Crippen molar-refractivity contribution in [1.82, 2.24) is 0 Å². The molecule has 0 amide bonds. The number of aryl methyl sites for hydroxylation is 1. The van der Waals surface area contributed by atoms with Gasteiger partial charge in [0.05, 0.1) is 18.8 Å². The zero-order valence-corrected chi connectivity index (χ0v) is 21.9. The van der Waals surface area contributed by atoms with Crippen LogP contribution in [0.3, 0.4) is 0 Å². The van der Waals surface area contributed by atoms with Gasteiger partial charge < -0.3 is 14.6 Å². The number of benzene rings is 3. The van der Waals surface area contributed by atoms with Crippen LogP contribution in [-0.4, -0.2) is 38.0 Å². The molecule has 0 radical (unpaired) electrons. The second-order valence-corrected chi connectivity index (χ2v) is 11.9. The van der Waals surface area contributed by atoms with Crippen molar-refractivity contribution >= 4 is 16.7 Å². The number of fused-ring (bicyclic) bond motifs is 1. The molecule has 4 aliphatic rings. The summed E-state index contributed by atoms with van der Waals surface area (Å²) in [7, 11) is 1.71. The maximum Gasteiger partial charge on any atom is 0.335 e. The first-order valence-electron chi connectivity index (χ1n) is 14.0. The summed E-state index contributed by atoms with van der Waals surface area (Å²) in [6.07, 6.45) is 10.5. The highest BCUT2D eigenvalue weighted by Gasteiger charge is 2.52. The molecule has 0 heterocycles. The van der Waals surface area contributed by atoms with Crippen LogP contribution < -0.4 is 0 Å². The van der Waals surface area contributed by atoms with E-state index in [9.17, 15) is 9.90 Å². The van der Waals surface area contributed by atoms with Gasteiger partial charge in [0.1, 0.15) is 0 Å². The van der Waals surface area contributed by atoms with E-state index in [2.05, 4.69) is 30.3 Å². The summed E-state index contributed by atoms with van der Waals surface area (Å²) in [6, 6.07) is 18.9. The van der Waals surface area contributed by atoms with Crippen LogP contribution in [0.2, 0.25) is 0 Å². The molecule has 4 fully saturated rings. The Labute approximate surface area is 220 Å². The average molecular weight is 499 g/mol. The number of carboxylic acid groups (broad SMARTS) is 1. The summed E-state index contributed by atoms with van der Waals surface area (Å²) in [5, 5.41) is 11.8. The van der Waals surface area contributed by atoms with Crippen molar-refractivity contribution in [2.75, 3.05) is 26.9 Å². The lowest BCUT2D eigenvalue weighted by Gasteiger charge is -2.57. The monoisotopic (exact) mass is 498 g/mol. The summed E-state index contributed by atoms with van der Waals surface area (Å²) in [4.78, 5) is 11.3. The number of aromatic carboxylic acids is 1. The van der Waals surface area contributed by atoms with Gasteiger partial charge in [-0.2, -0.15) is 0 Å². The molecule has 0 aromatic heterocycles. The minimum absolute atomic E-state index is 0.324. The van der Waals surface area contributed by atoms with E-state index in [0.29, 0.717) is 24.2 Å². The lowest BCUT2D eigenvalue weighted by molar-refractivity contribution is -0.00558. The highest BCUT2D eigenvalue weighted by molar-refractivity contribution is 5.91. The number of methoxy groups -OCH3 is 1. The fourth-order valence-corrected chi connectivity index (χ4v) is 8.08. The number of rotatable bonds is 10. The van der Waals surface area contributed by atoms with Gasteiger partial charge >= 0.3 is 5.97 Å². The average Bonchev–Trinajstić information content (AvgIpc) is 2.89. The predicted octanol–water partition coefficient (Wildman–Crippen LogP) is 7.27. The maximum absolute atomic E-state index is 11.3. The molecule has 37 heavy (non-hydrogen) atoms. The van der Waals surface area contributed by atoms with Crippen LogP contribution in [0.5, 0.6) is 0 Å². The van der Waals surface area contributed by atoms with Crippen LogP contribution in [0, 0.1) is 17.8 Å². The number of hydrogen-bond acceptors (Lipinski definition) is 3. The Morgan fingerprint density at radius 1 is 0.838 bits per heavy atom. The van der Waals surface area contributed by atoms with Gasteiger partial charge in [-0.05, 0) is 126 Å². The normalized spacial score (nSPS) is 26.1. The molecule has 4 heteroatoms. The fraction of sp³-hybridized carbons (Fsp3) is 0.485. The molecule has 3 aromatic rings. The quantitative estimate of drug-likeness (QED) is 0.299. The minimum Gasteiger partial charge on any atom is -0.478 e. The molecule has 4 aliphatic carbocycles. The van der Waals surface area contributed by atoms with E-state index in [0.717, 1.165) is 48.3 Å². The highest BCUT2D eigenvalue weighted by Crippen LogP contribution is 2.61. The van der Waals surface area contributed by atoms with E-state index >= 15 is 0 Å². The number of ether oxygens (including phenoxy) is 2.